The van der Waals surface area contributed by atoms with E-state index in [1.165, 1.54) is 24.3 Å². The maximum Gasteiger partial charge on any atom is 0.451 e. The molecule has 0 bridgehead atoms. The molecule has 92 valence electrons. The highest BCUT2D eigenvalue weighted by Gasteiger charge is 2.47. The highest BCUT2D eigenvalue weighted by Crippen LogP contribution is 2.28. The Kier molecular flexibility index (Phi) is 3.88. The maximum atomic E-state index is 12.3. The normalized spacial score (nSPS) is 12.9. The minimum atomic E-state index is -5.07. The van der Waals surface area contributed by atoms with E-state index < -0.39 is 23.8 Å². The highest BCUT2D eigenvalue weighted by molar-refractivity contribution is 6.06. The second kappa shape index (κ2) is 4.99. The number of methoxy groups -OCH3 is 1. The lowest BCUT2D eigenvalue weighted by Crippen LogP contribution is -2.34. The van der Waals surface area contributed by atoms with Gasteiger partial charge in [-0.05, 0) is 5.56 Å². The zero-order valence-electron chi connectivity index (χ0n) is 8.82. The molecule has 0 aliphatic heterocycles. The van der Waals surface area contributed by atoms with Gasteiger partial charge in [-0.15, -0.1) is 0 Å². The van der Waals surface area contributed by atoms with E-state index in [-0.39, 0.29) is 5.56 Å². The van der Waals surface area contributed by atoms with E-state index in [0.29, 0.717) is 0 Å². The van der Waals surface area contributed by atoms with Crippen molar-refractivity contribution in [3.8, 4) is 0 Å². The summed E-state index contributed by atoms with van der Waals surface area (Å²) in [5.74, 6) is -5.31. The average Bonchev–Trinajstić information content (AvgIpc) is 2.29. The van der Waals surface area contributed by atoms with Crippen LogP contribution in [0.3, 0.4) is 0 Å². The first-order valence-electron chi connectivity index (χ1n) is 4.61. The molecule has 0 amide bonds. The van der Waals surface area contributed by atoms with Gasteiger partial charge in [-0.25, -0.2) is 0 Å². The second-order valence-corrected chi connectivity index (χ2v) is 3.23. The number of halogens is 3. The average molecular weight is 246 g/mol. The van der Waals surface area contributed by atoms with E-state index in [0.717, 1.165) is 7.11 Å². The molecule has 1 atom stereocenters. The summed E-state index contributed by atoms with van der Waals surface area (Å²) in [6.45, 7) is 0. The number of carbonyl (C=O) groups is 2. The molecule has 3 nitrogen and oxygen atoms in total. The van der Waals surface area contributed by atoms with Crippen molar-refractivity contribution in [1.29, 1.82) is 0 Å². The number of benzene rings is 1. The van der Waals surface area contributed by atoms with E-state index in [1.807, 2.05) is 0 Å². The van der Waals surface area contributed by atoms with E-state index in [9.17, 15) is 22.8 Å². The monoisotopic (exact) mass is 246 g/mol. The van der Waals surface area contributed by atoms with Crippen molar-refractivity contribution in [3.63, 3.8) is 0 Å². The molecular formula is C11H9F3O3. The van der Waals surface area contributed by atoms with Crippen LogP contribution in [0.5, 0.6) is 0 Å². The number of rotatable bonds is 3. The molecule has 1 aromatic rings. The van der Waals surface area contributed by atoms with Crippen LogP contribution in [0.15, 0.2) is 30.3 Å². The van der Waals surface area contributed by atoms with Gasteiger partial charge in [0, 0.05) is 0 Å². The van der Waals surface area contributed by atoms with Gasteiger partial charge in [0.1, 0.15) is 5.92 Å². The van der Waals surface area contributed by atoms with Gasteiger partial charge in [0.05, 0.1) is 7.11 Å². The van der Waals surface area contributed by atoms with Gasteiger partial charge in [0.25, 0.3) is 5.78 Å². The van der Waals surface area contributed by atoms with Crippen molar-refractivity contribution >= 4 is 11.8 Å². The predicted octanol–water partition coefficient (Wildman–Crippen LogP) is 2.07. The van der Waals surface area contributed by atoms with Crippen molar-refractivity contribution in [2.24, 2.45) is 0 Å². The molecule has 0 spiro atoms. The third kappa shape index (κ3) is 3.05. The van der Waals surface area contributed by atoms with Crippen molar-refractivity contribution in [1.82, 2.24) is 0 Å². The Labute approximate surface area is 95.2 Å². The quantitative estimate of drug-likeness (QED) is 0.605. The molecule has 17 heavy (non-hydrogen) atoms. The summed E-state index contributed by atoms with van der Waals surface area (Å²) in [6.07, 6.45) is -5.07. The van der Waals surface area contributed by atoms with Crippen LogP contribution >= 0.6 is 0 Å². The molecule has 1 rings (SSSR count). The Bertz CT molecular complexity index is 412. The van der Waals surface area contributed by atoms with Gasteiger partial charge in [-0.3, -0.25) is 9.59 Å². The molecule has 1 unspecified atom stereocenters. The standard InChI is InChI=1S/C11H9F3O3/c1-17-10(16)8(9(15)11(12,13)14)7-5-3-2-4-6-7/h2-6,8H,1H3. The highest BCUT2D eigenvalue weighted by atomic mass is 19.4. The summed E-state index contributed by atoms with van der Waals surface area (Å²) in [5, 5.41) is 0. The third-order valence-corrected chi connectivity index (χ3v) is 2.11. The zero-order valence-corrected chi connectivity index (χ0v) is 8.82. The van der Waals surface area contributed by atoms with Crippen LogP contribution in [-0.2, 0) is 14.3 Å². The van der Waals surface area contributed by atoms with Crippen LogP contribution in [0.1, 0.15) is 11.5 Å². The number of Topliss-reactive ketones (excluding diaryl/α,β-unsaturated/α-hetero) is 1. The van der Waals surface area contributed by atoms with Crippen molar-refractivity contribution in [3.05, 3.63) is 35.9 Å². The molecule has 0 N–H and O–H groups in total. The van der Waals surface area contributed by atoms with E-state index in [4.69, 9.17) is 0 Å². The van der Waals surface area contributed by atoms with Crippen LogP contribution in [-0.4, -0.2) is 25.0 Å². The fraction of sp³-hybridized carbons (Fsp3) is 0.273. The molecule has 0 saturated carbocycles. The molecule has 0 saturated heterocycles. The van der Waals surface area contributed by atoms with E-state index in [2.05, 4.69) is 4.74 Å². The smallest absolute Gasteiger partial charge is 0.451 e. The number of ketones is 1. The lowest BCUT2D eigenvalue weighted by Gasteiger charge is -2.15. The first kappa shape index (κ1) is 13.2. The summed E-state index contributed by atoms with van der Waals surface area (Å²) in [5.41, 5.74) is -0.0401. The topological polar surface area (TPSA) is 43.4 Å². The SMILES string of the molecule is COC(=O)C(C(=O)C(F)(F)F)c1ccccc1. The Balaban J connectivity index is 3.15. The molecule has 0 aliphatic rings. The molecular weight excluding hydrogens is 237 g/mol. The minimum absolute atomic E-state index is 0.0401. The van der Waals surface area contributed by atoms with Crippen LogP contribution in [0.25, 0.3) is 0 Å². The third-order valence-electron chi connectivity index (χ3n) is 2.11. The van der Waals surface area contributed by atoms with Crippen LogP contribution < -0.4 is 0 Å². The van der Waals surface area contributed by atoms with Crippen LogP contribution in [0, 0.1) is 0 Å². The van der Waals surface area contributed by atoms with Gasteiger partial charge in [-0.2, -0.15) is 13.2 Å². The fourth-order valence-electron chi connectivity index (χ4n) is 1.32. The summed E-state index contributed by atoms with van der Waals surface area (Å²) in [6, 6.07) is 6.98. The van der Waals surface area contributed by atoms with Crippen LogP contribution in [0.4, 0.5) is 13.2 Å². The summed E-state index contributed by atoms with van der Waals surface area (Å²) in [7, 11) is 0.932. The van der Waals surface area contributed by atoms with E-state index in [1.54, 1.807) is 6.07 Å². The number of ether oxygens (including phenoxy) is 1. The van der Waals surface area contributed by atoms with Crippen LogP contribution in [0.2, 0.25) is 0 Å². The summed E-state index contributed by atoms with van der Waals surface area (Å²) >= 11 is 0. The molecule has 0 aromatic heterocycles. The number of hydrogen-bond donors (Lipinski definition) is 0. The fourth-order valence-corrected chi connectivity index (χ4v) is 1.32. The first-order chi connectivity index (χ1) is 7.88. The largest absolute Gasteiger partial charge is 0.468 e. The molecule has 6 heteroatoms. The predicted molar refractivity (Wildman–Crippen MR) is 52.3 cm³/mol. The van der Waals surface area contributed by atoms with Gasteiger partial charge in [0.15, 0.2) is 0 Å². The lowest BCUT2D eigenvalue weighted by atomic mass is 9.94. The number of hydrogen-bond acceptors (Lipinski definition) is 3. The lowest BCUT2D eigenvalue weighted by molar-refractivity contribution is -0.176. The van der Waals surface area contributed by atoms with E-state index >= 15 is 0 Å². The van der Waals surface area contributed by atoms with Crippen molar-refractivity contribution < 1.29 is 27.5 Å². The maximum absolute atomic E-state index is 12.3. The Hall–Kier alpha value is -1.85. The zero-order chi connectivity index (χ0) is 13.1. The van der Waals surface area contributed by atoms with Gasteiger partial charge in [-0.1, -0.05) is 30.3 Å². The van der Waals surface area contributed by atoms with Crippen molar-refractivity contribution in [2.45, 2.75) is 12.1 Å². The Morgan fingerprint density at radius 2 is 1.71 bits per heavy atom. The molecule has 0 heterocycles. The van der Waals surface area contributed by atoms with Gasteiger partial charge >= 0.3 is 12.1 Å². The summed E-state index contributed by atoms with van der Waals surface area (Å²) < 4.78 is 41.2. The Morgan fingerprint density at radius 3 is 2.12 bits per heavy atom. The molecule has 1 aromatic carbocycles. The molecule has 0 fully saturated rings. The molecule has 0 aliphatic carbocycles. The Morgan fingerprint density at radius 1 is 1.18 bits per heavy atom. The second-order valence-electron chi connectivity index (χ2n) is 3.23. The summed E-state index contributed by atoms with van der Waals surface area (Å²) in [4.78, 5) is 22.4. The van der Waals surface area contributed by atoms with Crippen molar-refractivity contribution in [2.75, 3.05) is 7.11 Å². The first-order valence-corrected chi connectivity index (χ1v) is 4.61. The minimum Gasteiger partial charge on any atom is -0.468 e. The molecule has 0 radical (unpaired) electrons. The number of alkyl halides is 3. The van der Waals surface area contributed by atoms with Gasteiger partial charge < -0.3 is 4.74 Å². The number of esters is 1. The van der Waals surface area contributed by atoms with Gasteiger partial charge in [0.2, 0.25) is 0 Å². The number of carbonyl (C=O) groups excluding carboxylic acids is 2.